The van der Waals surface area contributed by atoms with E-state index in [2.05, 4.69) is 11.1 Å². The van der Waals surface area contributed by atoms with Crippen LogP contribution in [-0.4, -0.2) is 52.1 Å². The van der Waals surface area contributed by atoms with Gasteiger partial charge in [-0.25, -0.2) is 0 Å². The molecule has 2 aliphatic heterocycles. The number of carbonyl (C=O) groups is 3. The van der Waals surface area contributed by atoms with Gasteiger partial charge in [-0.2, -0.15) is 0 Å². The van der Waals surface area contributed by atoms with E-state index >= 15 is 0 Å². The first-order valence-electron chi connectivity index (χ1n) is 10.0. The molecule has 152 valence electrons. The number of aromatic nitrogens is 1. The van der Waals surface area contributed by atoms with Gasteiger partial charge in [0.05, 0.1) is 11.1 Å². The van der Waals surface area contributed by atoms with Crippen molar-refractivity contribution < 1.29 is 14.4 Å². The van der Waals surface area contributed by atoms with Crippen LogP contribution in [0, 0.1) is 0 Å². The highest BCUT2D eigenvalue weighted by Gasteiger charge is 2.37. The molecule has 3 heterocycles. The van der Waals surface area contributed by atoms with Gasteiger partial charge in [0.25, 0.3) is 11.8 Å². The lowest BCUT2D eigenvalue weighted by molar-refractivity contribution is -0.132. The van der Waals surface area contributed by atoms with Gasteiger partial charge in [-0.1, -0.05) is 23.7 Å². The Kier molecular flexibility index (Phi) is 4.59. The first-order valence-corrected chi connectivity index (χ1v) is 10.4. The van der Waals surface area contributed by atoms with Crippen LogP contribution in [0.5, 0.6) is 0 Å². The Morgan fingerprint density at radius 2 is 1.67 bits per heavy atom. The number of halogens is 1. The molecule has 1 fully saturated rings. The summed E-state index contributed by atoms with van der Waals surface area (Å²) >= 11 is 6.08. The molecule has 2 aromatic carbocycles. The predicted octanol–water partition coefficient (Wildman–Crippen LogP) is 3.82. The van der Waals surface area contributed by atoms with Crippen molar-refractivity contribution >= 4 is 40.2 Å². The van der Waals surface area contributed by atoms with Gasteiger partial charge in [0.1, 0.15) is 6.54 Å². The second-order valence-corrected chi connectivity index (χ2v) is 8.29. The summed E-state index contributed by atoms with van der Waals surface area (Å²) in [6.45, 7) is 0.994. The summed E-state index contributed by atoms with van der Waals surface area (Å²) in [5, 5.41) is 1.79. The normalized spacial score (nSPS) is 17.1. The average Bonchev–Trinajstić information content (AvgIpc) is 3.28. The molecular weight excluding hydrogens is 402 g/mol. The summed E-state index contributed by atoms with van der Waals surface area (Å²) in [5.41, 5.74) is 2.94. The molecule has 1 N–H and O–H groups in total. The molecule has 0 spiro atoms. The maximum absolute atomic E-state index is 12.8. The van der Waals surface area contributed by atoms with Gasteiger partial charge in [0, 0.05) is 40.6 Å². The third-order valence-electron chi connectivity index (χ3n) is 6.06. The molecule has 1 saturated heterocycles. The van der Waals surface area contributed by atoms with E-state index in [-0.39, 0.29) is 12.5 Å². The number of rotatable bonds is 3. The van der Waals surface area contributed by atoms with Crippen LogP contribution in [0.25, 0.3) is 10.9 Å². The largest absolute Gasteiger partial charge is 0.358 e. The number of carbonyl (C=O) groups excluding carboxylic acids is 3. The minimum absolute atomic E-state index is 0.189. The molecule has 6 nitrogen and oxygen atoms in total. The lowest BCUT2D eigenvalue weighted by Crippen LogP contribution is -2.45. The van der Waals surface area contributed by atoms with Crippen molar-refractivity contribution in [3.8, 4) is 0 Å². The van der Waals surface area contributed by atoms with E-state index in [9.17, 15) is 14.4 Å². The minimum atomic E-state index is -0.393. The molecule has 0 unspecified atom stereocenters. The molecule has 0 bridgehead atoms. The van der Waals surface area contributed by atoms with Crippen LogP contribution in [0.1, 0.15) is 45.2 Å². The van der Waals surface area contributed by atoms with Gasteiger partial charge in [0.15, 0.2) is 0 Å². The fourth-order valence-electron chi connectivity index (χ4n) is 4.40. The molecule has 7 heteroatoms. The maximum Gasteiger partial charge on any atom is 0.262 e. The quantitative estimate of drug-likeness (QED) is 0.653. The molecule has 3 amide bonds. The van der Waals surface area contributed by atoms with Crippen LogP contribution >= 0.6 is 11.6 Å². The van der Waals surface area contributed by atoms with Crippen molar-refractivity contribution in [2.75, 3.05) is 19.6 Å². The number of benzene rings is 2. The lowest BCUT2D eigenvalue weighted by Gasteiger charge is -2.32. The smallest absolute Gasteiger partial charge is 0.262 e. The van der Waals surface area contributed by atoms with Gasteiger partial charge in [-0.15, -0.1) is 0 Å². The number of piperidine rings is 1. The number of hydrogen-bond donors (Lipinski definition) is 1. The second-order valence-electron chi connectivity index (χ2n) is 7.85. The van der Waals surface area contributed by atoms with E-state index in [1.807, 2.05) is 18.2 Å². The number of hydrogen-bond acceptors (Lipinski definition) is 3. The zero-order chi connectivity index (χ0) is 20.8. The molecule has 1 aromatic heterocycles. The molecule has 0 aliphatic carbocycles. The summed E-state index contributed by atoms with van der Waals surface area (Å²) in [7, 11) is 0. The minimum Gasteiger partial charge on any atom is -0.358 e. The highest BCUT2D eigenvalue weighted by molar-refractivity contribution is 6.31. The Morgan fingerprint density at radius 3 is 2.33 bits per heavy atom. The van der Waals surface area contributed by atoms with Crippen LogP contribution < -0.4 is 0 Å². The van der Waals surface area contributed by atoms with Crippen LogP contribution in [0.2, 0.25) is 5.02 Å². The molecule has 3 aromatic rings. The maximum atomic E-state index is 12.8. The Balaban J connectivity index is 1.23. The van der Waals surface area contributed by atoms with Crippen molar-refractivity contribution in [2.45, 2.75) is 18.8 Å². The Labute approximate surface area is 178 Å². The van der Waals surface area contributed by atoms with E-state index in [1.54, 1.807) is 29.2 Å². The third-order valence-corrected chi connectivity index (χ3v) is 6.30. The molecule has 2 aliphatic rings. The molecule has 0 saturated carbocycles. The fourth-order valence-corrected chi connectivity index (χ4v) is 4.58. The van der Waals surface area contributed by atoms with Gasteiger partial charge < -0.3 is 9.88 Å². The van der Waals surface area contributed by atoms with Gasteiger partial charge in [-0.3, -0.25) is 19.3 Å². The number of fused-ring (bicyclic) bond motifs is 2. The highest BCUT2D eigenvalue weighted by atomic mass is 35.5. The zero-order valence-electron chi connectivity index (χ0n) is 16.2. The van der Waals surface area contributed by atoms with Crippen LogP contribution in [0.4, 0.5) is 0 Å². The van der Waals surface area contributed by atoms with Gasteiger partial charge in [-0.05, 0) is 49.2 Å². The van der Waals surface area contributed by atoms with Gasteiger partial charge in [0.2, 0.25) is 5.91 Å². The number of imide groups is 1. The molecule has 30 heavy (non-hydrogen) atoms. The van der Waals surface area contributed by atoms with E-state index < -0.39 is 11.8 Å². The monoisotopic (exact) mass is 421 g/mol. The Morgan fingerprint density at radius 1 is 1.00 bits per heavy atom. The fraction of sp³-hybridized carbons (Fsp3) is 0.261. The number of H-pyrrole nitrogens is 1. The third kappa shape index (κ3) is 3.17. The van der Waals surface area contributed by atoms with Crippen molar-refractivity contribution in [1.82, 2.24) is 14.8 Å². The van der Waals surface area contributed by atoms with Crippen LogP contribution in [0.15, 0.2) is 48.5 Å². The summed E-state index contributed by atoms with van der Waals surface area (Å²) in [6.07, 6.45) is 1.66. The van der Waals surface area contributed by atoms with E-state index in [1.165, 1.54) is 0 Å². The van der Waals surface area contributed by atoms with E-state index in [0.29, 0.717) is 35.2 Å². The van der Waals surface area contributed by atoms with Crippen molar-refractivity contribution in [3.05, 3.63) is 70.4 Å². The molecular formula is C23H20ClN3O3. The molecule has 0 radical (unpaired) electrons. The average molecular weight is 422 g/mol. The summed E-state index contributed by atoms with van der Waals surface area (Å²) in [5.74, 6) is -0.642. The van der Waals surface area contributed by atoms with E-state index in [0.717, 1.165) is 34.3 Å². The lowest BCUT2D eigenvalue weighted by atomic mass is 9.93. The molecule has 0 atom stereocenters. The number of aromatic amines is 1. The first-order chi connectivity index (χ1) is 14.5. The van der Waals surface area contributed by atoms with Crippen LogP contribution in [0.3, 0.4) is 0 Å². The van der Waals surface area contributed by atoms with E-state index in [4.69, 9.17) is 11.6 Å². The first kappa shape index (κ1) is 18.9. The summed E-state index contributed by atoms with van der Waals surface area (Å²) in [4.78, 5) is 44.0. The number of nitrogens with one attached hydrogen (secondary N) is 1. The topological polar surface area (TPSA) is 73.5 Å². The Hall–Kier alpha value is -3.12. The summed E-state index contributed by atoms with van der Waals surface area (Å²) in [6, 6.07) is 14.6. The standard InChI is InChI=1S/C23H20ClN3O3/c24-16-5-6-19-15(11-16)12-20(25-19)14-7-9-26(10-8-14)21(28)13-27-22(29)17-3-1-2-4-18(17)23(27)30/h1-6,11-12,14,25H,7-10,13H2. The van der Waals surface area contributed by atoms with Gasteiger partial charge >= 0.3 is 0 Å². The zero-order valence-corrected chi connectivity index (χ0v) is 17.0. The highest BCUT2D eigenvalue weighted by Crippen LogP contribution is 2.31. The number of amides is 3. The van der Waals surface area contributed by atoms with Crippen molar-refractivity contribution in [2.24, 2.45) is 0 Å². The Bertz CT molecular complexity index is 1140. The van der Waals surface area contributed by atoms with Crippen molar-refractivity contribution in [3.63, 3.8) is 0 Å². The van der Waals surface area contributed by atoms with Crippen LogP contribution in [-0.2, 0) is 4.79 Å². The summed E-state index contributed by atoms with van der Waals surface area (Å²) < 4.78 is 0. The predicted molar refractivity (Wildman–Crippen MR) is 114 cm³/mol. The van der Waals surface area contributed by atoms with Crippen molar-refractivity contribution in [1.29, 1.82) is 0 Å². The molecule has 5 rings (SSSR count). The number of nitrogens with zero attached hydrogens (tertiary/aromatic N) is 2. The SMILES string of the molecule is O=C(CN1C(=O)c2ccccc2C1=O)N1CCC(c2cc3cc(Cl)ccc3[nH]2)CC1. The second kappa shape index (κ2) is 7.29. The number of likely N-dealkylation sites (tertiary alicyclic amines) is 1.